The fourth-order valence-electron chi connectivity index (χ4n) is 3.56. The summed E-state index contributed by atoms with van der Waals surface area (Å²) in [5.74, 6) is -3.03. The summed E-state index contributed by atoms with van der Waals surface area (Å²) in [6, 6.07) is 9.72. The topological polar surface area (TPSA) is 61.9 Å². The Morgan fingerprint density at radius 2 is 1.65 bits per heavy atom. The number of ether oxygens (including phenoxy) is 1. The highest BCUT2D eigenvalue weighted by atomic mass is 35.5. The van der Waals surface area contributed by atoms with Crippen LogP contribution in [0.4, 0.5) is 14.5 Å². The van der Waals surface area contributed by atoms with Crippen LogP contribution in [0.2, 0.25) is 5.02 Å². The van der Waals surface area contributed by atoms with Crippen LogP contribution in [0, 0.1) is 11.6 Å². The third-order valence-electron chi connectivity index (χ3n) is 5.23. The van der Waals surface area contributed by atoms with Gasteiger partial charge in [0.2, 0.25) is 0 Å². The summed E-state index contributed by atoms with van der Waals surface area (Å²) >= 11 is 5.96. The Morgan fingerprint density at radius 3 is 2.32 bits per heavy atom. The molecule has 2 aliphatic rings. The van der Waals surface area contributed by atoms with Gasteiger partial charge in [0.1, 0.15) is 5.70 Å². The average molecular weight is 448 g/mol. The number of carbonyl (C=O) groups excluding carboxylic acids is 2. The van der Waals surface area contributed by atoms with E-state index in [4.69, 9.17) is 16.3 Å². The second kappa shape index (κ2) is 9.13. The largest absolute Gasteiger partial charge is 0.379 e. The maximum absolute atomic E-state index is 13.7. The molecule has 2 aliphatic heterocycles. The molecule has 0 radical (unpaired) electrons. The van der Waals surface area contributed by atoms with E-state index in [-0.39, 0.29) is 23.5 Å². The SMILES string of the molecule is O=C1C(Nc2ccc(F)c(F)c2)=C(c2ccc(Cl)cc2)C(=O)N1CCN1CCOCC1. The van der Waals surface area contributed by atoms with Gasteiger partial charge in [0.15, 0.2) is 11.6 Å². The molecule has 0 spiro atoms. The number of hydrogen-bond acceptors (Lipinski definition) is 5. The molecular weight excluding hydrogens is 428 g/mol. The first-order valence-electron chi connectivity index (χ1n) is 9.82. The minimum absolute atomic E-state index is 0.0142. The molecular formula is C22H20ClF2N3O3. The molecule has 1 N–H and O–H groups in total. The van der Waals surface area contributed by atoms with Crippen molar-refractivity contribution in [1.29, 1.82) is 0 Å². The third-order valence-corrected chi connectivity index (χ3v) is 5.49. The minimum Gasteiger partial charge on any atom is -0.379 e. The molecule has 4 rings (SSSR count). The first kappa shape index (κ1) is 21.4. The molecule has 0 aliphatic carbocycles. The van der Waals surface area contributed by atoms with Gasteiger partial charge < -0.3 is 10.1 Å². The molecule has 2 heterocycles. The number of anilines is 1. The number of nitrogens with one attached hydrogen (secondary N) is 1. The van der Waals surface area contributed by atoms with E-state index in [9.17, 15) is 18.4 Å². The zero-order chi connectivity index (χ0) is 22.0. The fourth-order valence-corrected chi connectivity index (χ4v) is 3.69. The lowest BCUT2D eigenvalue weighted by atomic mass is 10.0. The van der Waals surface area contributed by atoms with Gasteiger partial charge in [0.25, 0.3) is 11.8 Å². The van der Waals surface area contributed by atoms with E-state index in [2.05, 4.69) is 10.2 Å². The standard InChI is InChI=1S/C22H20ClF2N3O3/c23-15-3-1-14(2-4-15)19-20(26-16-5-6-17(24)18(25)13-16)22(30)28(21(19)29)8-7-27-9-11-31-12-10-27/h1-6,13,26H,7-12H2. The number of carbonyl (C=O) groups is 2. The Bertz CT molecular complexity index is 1040. The number of hydrogen-bond donors (Lipinski definition) is 1. The van der Waals surface area contributed by atoms with Crippen molar-refractivity contribution in [2.24, 2.45) is 0 Å². The van der Waals surface area contributed by atoms with Crippen molar-refractivity contribution in [3.05, 3.63) is 70.4 Å². The maximum Gasteiger partial charge on any atom is 0.278 e. The van der Waals surface area contributed by atoms with E-state index in [1.807, 2.05) is 0 Å². The van der Waals surface area contributed by atoms with Crippen LogP contribution in [0.5, 0.6) is 0 Å². The summed E-state index contributed by atoms with van der Waals surface area (Å²) < 4.78 is 32.3. The van der Waals surface area contributed by atoms with E-state index in [0.29, 0.717) is 30.3 Å². The molecule has 6 nitrogen and oxygen atoms in total. The monoisotopic (exact) mass is 447 g/mol. The van der Waals surface area contributed by atoms with E-state index in [1.165, 1.54) is 11.0 Å². The third kappa shape index (κ3) is 4.61. The van der Waals surface area contributed by atoms with Crippen molar-refractivity contribution < 1.29 is 23.1 Å². The summed E-state index contributed by atoms with van der Waals surface area (Å²) in [6.45, 7) is 3.41. The van der Waals surface area contributed by atoms with Crippen molar-refractivity contribution in [3.63, 3.8) is 0 Å². The zero-order valence-electron chi connectivity index (χ0n) is 16.5. The van der Waals surface area contributed by atoms with Crippen LogP contribution >= 0.6 is 11.6 Å². The summed E-state index contributed by atoms with van der Waals surface area (Å²) in [5, 5.41) is 3.30. The number of rotatable bonds is 6. The molecule has 0 atom stereocenters. The average Bonchev–Trinajstić information content (AvgIpc) is 3.00. The Balaban J connectivity index is 1.63. The van der Waals surface area contributed by atoms with Gasteiger partial charge in [-0.3, -0.25) is 19.4 Å². The number of imide groups is 1. The normalized spacial score (nSPS) is 17.6. The number of morpholine rings is 1. The lowest BCUT2D eigenvalue weighted by molar-refractivity contribution is -0.137. The van der Waals surface area contributed by atoms with Crippen molar-refractivity contribution in [2.75, 3.05) is 44.7 Å². The smallest absolute Gasteiger partial charge is 0.278 e. The first-order chi connectivity index (χ1) is 14.9. The van der Waals surface area contributed by atoms with Crippen LogP contribution in [-0.4, -0.2) is 61.0 Å². The molecule has 0 bridgehead atoms. The van der Waals surface area contributed by atoms with Gasteiger partial charge in [-0.2, -0.15) is 0 Å². The molecule has 162 valence electrons. The van der Waals surface area contributed by atoms with Gasteiger partial charge in [0, 0.05) is 43.0 Å². The molecule has 2 aromatic rings. The van der Waals surface area contributed by atoms with Gasteiger partial charge in [-0.15, -0.1) is 0 Å². The number of amides is 2. The highest BCUT2D eigenvalue weighted by molar-refractivity contribution is 6.36. The molecule has 2 aromatic carbocycles. The second-order valence-electron chi connectivity index (χ2n) is 7.23. The predicted octanol–water partition coefficient (Wildman–Crippen LogP) is 3.14. The van der Waals surface area contributed by atoms with E-state index in [1.54, 1.807) is 24.3 Å². The summed E-state index contributed by atoms with van der Waals surface area (Å²) in [4.78, 5) is 29.6. The van der Waals surface area contributed by atoms with Crippen LogP contribution in [0.1, 0.15) is 5.56 Å². The van der Waals surface area contributed by atoms with Gasteiger partial charge in [-0.05, 0) is 29.8 Å². The molecule has 1 saturated heterocycles. The van der Waals surface area contributed by atoms with Gasteiger partial charge in [-0.25, -0.2) is 8.78 Å². The van der Waals surface area contributed by atoms with Crippen LogP contribution in [-0.2, 0) is 14.3 Å². The van der Waals surface area contributed by atoms with Crippen molar-refractivity contribution >= 4 is 34.7 Å². The Kier molecular flexibility index (Phi) is 6.31. The van der Waals surface area contributed by atoms with Crippen LogP contribution in [0.15, 0.2) is 48.2 Å². The number of benzene rings is 2. The Morgan fingerprint density at radius 1 is 0.935 bits per heavy atom. The highest BCUT2D eigenvalue weighted by Gasteiger charge is 2.39. The molecule has 1 fully saturated rings. The Hall–Kier alpha value is -2.81. The molecule has 31 heavy (non-hydrogen) atoms. The van der Waals surface area contributed by atoms with Crippen molar-refractivity contribution in [3.8, 4) is 0 Å². The van der Waals surface area contributed by atoms with Crippen molar-refractivity contribution in [1.82, 2.24) is 9.80 Å². The van der Waals surface area contributed by atoms with E-state index >= 15 is 0 Å². The lowest BCUT2D eigenvalue weighted by Crippen LogP contribution is -2.43. The molecule has 0 saturated carbocycles. The van der Waals surface area contributed by atoms with Crippen LogP contribution in [0.3, 0.4) is 0 Å². The zero-order valence-corrected chi connectivity index (χ0v) is 17.3. The van der Waals surface area contributed by atoms with E-state index < -0.39 is 23.4 Å². The Labute approximate surface area is 183 Å². The summed E-state index contributed by atoms with van der Waals surface area (Å²) in [6.07, 6.45) is 0. The lowest BCUT2D eigenvalue weighted by Gasteiger charge is -2.28. The first-order valence-corrected chi connectivity index (χ1v) is 10.2. The van der Waals surface area contributed by atoms with Crippen molar-refractivity contribution in [2.45, 2.75) is 0 Å². The molecule has 0 aromatic heterocycles. The minimum atomic E-state index is -1.06. The fraction of sp³-hybridized carbons (Fsp3) is 0.273. The van der Waals surface area contributed by atoms with Gasteiger partial charge in [0.05, 0.1) is 18.8 Å². The highest BCUT2D eigenvalue weighted by Crippen LogP contribution is 2.31. The maximum atomic E-state index is 13.7. The second-order valence-corrected chi connectivity index (χ2v) is 7.66. The van der Waals surface area contributed by atoms with Crippen LogP contribution < -0.4 is 5.32 Å². The number of nitrogens with zero attached hydrogens (tertiary/aromatic N) is 2. The molecule has 2 amide bonds. The van der Waals surface area contributed by atoms with E-state index in [0.717, 1.165) is 25.2 Å². The predicted molar refractivity (Wildman–Crippen MR) is 112 cm³/mol. The molecule has 9 heteroatoms. The summed E-state index contributed by atoms with van der Waals surface area (Å²) in [5.41, 5.74) is 0.840. The molecule has 0 unspecified atom stereocenters. The quantitative estimate of drug-likeness (QED) is 0.689. The summed E-state index contributed by atoms with van der Waals surface area (Å²) in [7, 11) is 0. The van der Waals surface area contributed by atoms with Crippen LogP contribution in [0.25, 0.3) is 5.57 Å². The van der Waals surface area contributed by atoms with Gasteiger partial charge in [-0.1, -0.05) is 23.7 Å². The van der Waals surface area contributed by atoms with Gasteiger partial charge >= 0.3 is 0 Å². The number of halogens is 3.